The molecule has 2 unspecified atom stereocenters. The molecule has 0 saturated heterocycles. The summed E-state index contributed by atoms with van der Waals surface area (Å²) in [7, 11) is 0. The van der Waals surface area contributed by atoms with Gasteiger partial charge in [0.2, 0.25) is 12.3 Å². The number of hydrogen-bond acceptors (Lipinski definition) is 4. The molecule has 0 aromatic heterocycles. The maximum absolute atomic E-state index is 11.9. The molecule has 1 aromatic carbocycles. The van der Waals surface area contributed by atoms with Crippen molar-refractivity contribution in [3.63, 3.8) is 0 Å². The van der Waals surface area contributed by atoms with E-state index in [-0.39, 0.29) is 17.9 Å². The van der Waals surface area contributed by atoms with Gasteiger partial charge in [-0.1, -0.05) is 30.3 Å². The van der Waals surface area contributed by atoms with Crippen molar-refractivity contribution in [3.05, 3.63) is 35.9 Å². The first-order chi connectivity index (χ1) is 9.95. The lowest BCUT2D eigenvalue weighted by Crippen LogP contribution is -2.49. The minimum atomic E-state index is -1.19. The second-order valence-electron chi connectivity index (χ2n) is 4.59. The first-order valence-corrected chi connectivity index (χ1v) is 6.45. The molecule has 0 aliphatic rings. The third-order valence-corrected chi connectivity index (χ3v) is 3.01. The Hall–Kier alpha value is -2.41. The van der Waals surface area contributed by atoms with Gasteiger partial charge in [-0.25, -0.2) is 5.06 Å². The van der Waals surface area contributed by atoms with Gasteiger partial charge in [0, 0.05) is 0 Å². The summed E-state index contributed by atoms with van der Waals surface area (Å²) in [6.45, 7) is 1.30. The molecule has 114 valence electrons. The molecule has 0 radical (unpaired) electrons. The van der Waals surface area contributed by atoms with Crippen LogP contribution in [0.1, 0.15) is 18.9 Å². The molecule has 0 aliphatic heterocycles. The van der Waals surface area contributed by atoms with E-state index in [0.29, 0.717) is 6.42 Å². The number of nitrogens with one attached hydrogen (secondary N) is 1. The fraction of sp³-hybridized carbons (Fsp3) is 0.357. The second-order valence-corrected chi connectivity index (χ2v) is 4.59. The highest BCUT2D eigenvalue weighted by Crippen LogP contribution is 2.08. The maximum Gasteiger partial charge on any atom is 0.325 e. The van der Waals surface area contributed by atoms with E-state index in [9.17, 15) is 19.6 Å². The van der Waals surface area contributed by atoms with Gasteiger partial charge in [0.1, 0.15) is 12.1 Å². The molecule has 0 heterocycles. The first-order valence-electron chi connectivity index (χ1n) is 6.45. The Kier molecular flexibility index (Phi) is 6.35. The number of carboxylic acid groups (broad SMARTS) is 1. The van der Waals surface area contributed by atoms with Crippen LogP contribution in [-0.2, 0) is 20.8 Å². The molecule has 0 aliphatic carbocycles. The number of carbonyl (C=O) groups is 3. The Morgan fingerprint density at radius 3 is 2.48 bits per heavy atom. The highest BCUT2D eigenvalue weighted by atomic mass is 16.5. The summed E-state index contributed by atoms with van der Waals surface area (Å²) < 4.78 is 0. The summed E-state index contributed by atoms with van der Waals surface area (Å²) in [6, 6.07) is 7.02. The molecule has 1 rings (SSSR count). The lowest BCUT2D eigenvalue weighted by Gasteiger charge is -2.22. The van der Waals surface area contributed by atoms with Gasteiger partial charge in [-0.05, 0) is 25.3 Å². The number of aliphatic carboxylic acids is 1. The van der Waals surface area contributed by atoms with Gasteiger partial charge in [-0.15, -0.1) is 0 Å². The number of benzene rings is 1. The van der Waals surface area contributed by atoms with Crippen molar-refractivity contribution in [2.45, 2.75) is 31.8 Å². The van der Waals surface area contributed by atoms with Gasteiger partial charge in [-0.3, -0.25) is 19.6 Å². The number of carboxylic acids is 1. The number of nitrogens with zero attached hydrogens (tertiary/aromatic N) is 1. The smallest absolute Gasteiger partial charge is 0.325 e. The van der Waals surface area contributed by atoms with E-state index in [1.807, 2.05) is 30.3 Å². The zero-order valence-electron chi connectivity index (χ0n) is 11.6. The van der Waals surface area contributed by atoms with Gasteiger partial charge >= 0.3 is 5.97 Å². The lowest BCUT2D eigenvalue weighted by atomic mass is 10.0. The van der Waals surface area contributed by atoms with Gasteiger partial charge < -0.3 is 10.4 Å². The predicted octanol–water partition coefficient (Wildman–Crippen LogP) is 0.425. The summed E-state index contributed by atoms with van der Waals surface area (Å²) in [6.07, 6.45) is 0.767. The molecule has 3 N–H and O–H groups in total. The molecular weight excluding hydrogens is 276 g/mol. The molecule has 0 saturated carbocycles. The van der Waals surface area contributed by atoms with E-state index < -0.39 is 24.0 Å². The fourth-order valence-electron chi connectivity index (χ4n) is 1.78. The van der Waals surface area contributed by atoms with Gasteiger partial charge in [0.15, 0.2) is 0 Å². The SMILES string of the molecule is CC(NC(=O)C(CCc1ccccc1)N(O)C=O)C(=O)O. The Bertz CT molecular complexity index is 491. The molecule has 2 atom stereocenters. The van der Waals surface area contributed by atoms with E-state index in [2.05, 4.69) is 5.32 Å². The van der Waals surface area contributed by atoms with Crippen LogP contribution in [0, 0.1) is 0 Å². The number of hydroxylamine groups is 2. The maximum atomic E-state index is 11.9. The normalized spacial score (nSPS) is 13.0. The van der Waals surface area contributed by atoms with Crippen LogP contribution < -0.4 is 5.32 Å². The molecule has 0 bridgehead atoms. The van der Waals surface area contributed by atoms with Gasteiger partial charge in [-0.2, -0.15) is 0 Å². The number of amides is 2. The number of carbonyl (C=O) groups excluding carboxylic acids is 2. The number of rotatable bonds is 8. The van der Waals surface area contributed by atoms with Crippen molar-refractivity contribution >= 4 is 18.3 Å². The minimum Gasteiger partial charge on any atom is -0.480 e. The minimum absolute atomic E-state index is 0.126. The zero-order valence-corrected chi connectivity index (χ0v) is 11.6. The highest BCUT2D eigenvalue weighted by Gasteiger charge is 2.26. The Balaban J connectivity index is 2.69. The molecule has 2 amide bonds. The van der Waals surface area contributed by atoms with E-state index in [1.54, 1.807) is 0 Å². The van der Waals surface area contributed by atoms with Crippen molar-refractivity contribution in [3.8, 4) is 0 Å². The third-order valence-electron chi connectivity index (χ3n) is 3.01. The monoisotopic (exact) mass is 294 g/mol. The highest BCUT2D eigenvalue weighted by molar-refractivity contribution is 5.87. The first kappa shape index (κ1) is 16.6. The largest absolute Gasteiger partial charge is 0.480 e. The molecule has 7 heteroatoms. The summed E-state index contributed by atoms with van der Waals surface area (Å²) in [4.78, 5) is 33.3. The van der Waals surface area contributed by atoms with E-state index in [1.165, 1.54) is 6.92 Å². The van der Waals surface area contributed by atoms with Crippen LogP contribution in [-0.4, -0.2) is 45.7 Å². The fourth-order valence-corrected chi connectivity index (χ4v) is 1.78. The van der Waals surface area contributed by atoms with Crippen LogP contribution in [0.25, 0.3) is 0 Å². The Morgan fingerprint density at radius 2 is 1.95 bits per heavy atom. The van der Waals surface area contributed by atoms with Gasteiger partial charge in [0.05, 0.1) is 0 Å². The van der Waals surface area contributed by atoms with Crippen LogP contribution in [0.2, 0.25) is 0 Å². The van der Waals surface area contributed by atoms with Gasteiger partial charge in [0.25, 0.3) is 0 Å². The van der Waals surface area contributed by atoms with Crippen molar-refractivity contribution in [1.82, 2.24) is 10.4 Å². The van der Waals surface area contributed by atoms with E-state index >= 15 is 0 Å². The van der Waals surface area contributed by atoms with Crippen LogP contribution in [0.15, 0.2) is 30.3 Å². The average Bonchev–Trinajstić information content (AvgIpc) is 2.47. The van der Waals surface area contributed by atoms with Crippen molar-refractivity contribution < 1.29 is 24.7 Å². The Morgan fingerprint density at radius 1 is 1.33 bits per heavy atom. The molecule has 0 spiro atoms. The standard InChI is InChI=1S/C14H18N2O5/c1-10(14(19)20)15-13(18)12(16(21)9-17)8-7-11-5-3-2-4-6-11/h2-6,9-10,12,21H,7-8H2,1H3,(H,15,18)(H,19,20). The second kappa shape index (κ2) is 8.01. The lowest BCUT2D eigenvalue weighted by molar-refractivity contribution is -0.168. The molecule has 7 nitrogen and oxygen atoms in total. The molecule has 1 aromatic rings. The molecule has 0 fully saturated rings. The summed E-state index contributed by atoms with van der Waals surface area (Å²) >= 11 is 0. The topological polar surface area (TPSA) is 107 Å². The van der Waals surface area contributed by atoms with Crippen molar-refractivity contribution in [2.24, 2.45) is 0 Å². The quantitative estimate of drug-likeness (QED) is 0.366. The van der Waals surface area contributed by atoms with Crippen LogP contribution in [0.3, 0.4) is 0 Å². The summed E-state index contributed by atoms with van der Waals surface area (Å²) in [5.74, 6) is -1.91. The van der Waals surface area contributed by atoms with Crippen LogP contribution in [0.5, 0.6) is 0 Å². The zero-order chi connectivity index (χ0) is 15.8. The Labute approximate surface area is 122 Å². The predicted molar refractivity (Wildman–Crippen MR) is 73.5 cm³/mol. The third kappa shape index (κ3) is 5.23. The summed E-state index contributed by atoms with van der Waals surface area (Å²) in [5.41, 5.74) is 0.945. The number of aryl methyl sites for hydroxylation is 1. The van der Waals surface area contributed by atoms with E-state index in [4.69, 9.17) is 5.11 Å². The van der Waals surface area contributed by atoms with Crippen LogP contribution >= 0.6 is 0 Å². The van der Waals surface area contributed by atoms with E-state index in [0.717, 1.165) is 5.56 Å². The molecule has 21 heavy (non-hydrogen) atoms. The van der Waals surface area contributed by atoms with Crippen LogP contribution in [0.4, 0.5) is 0 Å². The van der Waals surface area contributed by atoms with Crippen molar-refractivity contribution in [1.29, 1.82) is 0 Å². The molecular formula is C14H18N2O5. The number of hydrogen-bond donors (Lipinski definition) is 3. The average molecular weight is 294 g/mol. The van der Waals surface area contributed by atoms with Crippen molar-refractivity contribution in [2.75, 3.05) is 0 Å². The summed E-state index contributed by atoms with van der Waals surface area (Å²) in [5, 5.41) is 20.7.